The van der Waals surface area contributed by atoms with E-state index in [0.29, 0.717) is 37.4 Å². The zero-order valence-electron chi connectivity index (χ0n) is 17.3. The first kappa shape index (κ1) is 23.9. The quantitative estimate of drug-likeness (QED) is 0.464. The molecule has 3 rings (SSSR count). The Morgan fingerprint density at radius 1 is 1.09 bits per heavy atom. The fourth-order valence-corrected chi connectivity index (χ4v) is 4.40. The summed E-state index contributed by atoms with van der Waals surface area (Å²) in [5.74, 6) is -0.871. The zero-order chi connectivity index (χ0) is 23.3. The topological polar surface area (TPSA) is 49.9 Å². The van der Waals surface area contributed by atoms with E-state index in [0.717, 1.165) is 23.3 Å². The van der Waals surface area contributed by atoms with Gasteiger partial charge in [0.1, 0.15) is 22.6 Å². The Morgan fingerprint density at radius 3 is 2.25 bits per heavy atom. The smallest absolute Gasteiger partial charge is 0.406 e. The average molecular weight is 470 g/mol. The Hall–Kier alpha value is -2.72. The number of likely N-dealkylation sites (N-methyl/N-ethyl adjacent to an activating group) is 1. The highest BCUT2D eigenvalue weighted by Gasteiger charge is 2.31. The summed E-state index contributed by atoms with van der Waals surface area (Å²) in [6.45, 7) is 1.26. The predicted molar refractivity (Wildman–Crippen MR) is 111 cm³/mol. The minimum atomic E-state index is -4.78. The van der Waals surface area contributed by atoms with Gasteiger partial charge in [-0.25, -0.2) is 12.9 Å². The minimum absolute atomic E-state index is 0.167. The van der Waals surface area contributed by atoms with Crippen molar-refractivity contribution in [1.29, 1.82) is 0 Å². The summed E-state index contributed by atoms with van der Waals surface area (Å²) in [4.78, 5) is 14.4. The fraction of sp³-hybridized carbons (Fsp3) is 0.318. The summed E-state index contributed by atoms with van der Waals surface area (Å²) in [6.07, 6.45) is -2.10. The SMILES string of the molecule is CN(Cc1ccc(F)cc1)C(=O)C=C1CCN(S(=O)c2ccc(OC(F)(F)F)cc2)CC1. The summed E-state index contributed by atoms with van der Waals surface area (Å²) in [7, 11) is 0.143. The summed E-state index contributed by atoms with van der Waals surface area (Å²) in [5.41, 5.74) is 1.75. The van der Waals surface area contributed by atoms with Gasteiger partial charge in [0.15, 0.2) is 0 Å². The lowest BCUT2D eigenvalue weighted by Crippen LogP contribution is -2.33. The molecule has 172 valence electrons. The first-order chi connectivity index (χ1) is 15.1. The third kappa shape index (κ3) is 6.89. The molecule has 1 aliphatic heterocycles. The molecule has 1 unspecified atom stereocenters. The van der Waals surface area contributed by atoms with E-state index < -0.39 is 17.3 Å². The van der Waals surface area contributed by atoms with Crippen LogP contribution in [0.1, 0.15) is 18.4 Å². The van der Waals surface area contributed by atoms with Crippen LogP contribution in [0.3, 0.4) is 0 Å². The first-order valence-corrected chi connectivity index (χ1v) is 10.9. The summed E-state index contributed by atoms with van der Waals surface area (Å²) >= 11 is 0. The van der Waals surface area contributed by atoms with E-state index in [4.69, 9.17) is 0 Å². The van der Waals surface area contributed by atoms with Crippen molar-refractivity contribution in [3.05, 3.63) is 71.6 Å². The van der Waals surface area contributed by atoms with Crippen molar-refractivity contribution in [1.82, 2.24) is 9.21 Å². The third-order valence-corrected chi connectivity index (χ3v) is 6.40. The molecule has 0 aromatic heterocycles. The summed E-state index contributed by atoms with van der Waals surface area (Å²) < 4.78 is 68.0. The molecule has 1 fully saturated rings. The van der Waals surface area contributed by atoms with E-state index in [1.54, 1.807) is 29.6 Å². The number of hydrogen-bond donors (Lipinski definition) is 0. The van der Waals surface area contributed by atoms with E-state index in [-0.39, 0.29) is 17.5 Å². The van der Waals surface area contributed by atoms with Gasteiger partial charge in [0.2, 0.25) is 5.91 Å². The minimum Gasteiger partial charge on any atom is -0.406 e. The number of benzene rings is 2. The van der Waals surface area contributed by atoms with E-state index in [1.807, 2.05) is 0 Å². The van der Waals surface area contributed by atoms with Crippen LogP contribution in [0, 0.1) is 5.82 Å². The second-order valence-electron chi connectivity index (χ2n) is 7.32. The van der Waals surface area contributed by atoms with Gasteiger partial charge in [0, 0.05) is 32.8 Å². The van der Waals surface area contributed by atoms with Crippen molar-refractivity contribution in [2.45, 2.75) is 30.6 Å². The number of alkyl halides is 3. The van der Waals surface area contributed by atoms with Crippen LogP contribution in [-0.4, -0.2) is 45.8 Å². The highest BCUT2D eigenvalue weighted by molar-refractivity contribution is 7.82. The highest BCUT2D eigenvalue weighted by atomic mass is 32.2. The van der Waals surface area contributed by atoms with Crippen molar-refractivity contribution in [2.75, 3.05) is 20.1 Å². The molecule has 0 spiro atoms. The van der Waals surface area contributed by atoms with Crippen LogP contribution in [0.5, 0.6) is 5.75 Å². The number of carbonyl (C=O) groups is 1. The Morgan fingerprint density at radius 2 is 1.69 bits per heavy atom. The van der Waals surface area contributed by atoms with E-state index >= 15 is 0 Å². The van der Waals surface area contributed by atoms with Gasteiger partial charge >= 0.3 is 6.36 Å². The van der Waals surface area contributed by atoms with Crippen LogP contribution in [0.15, 0.2) is 65.1 Å². The highest BCUT2D eigenvalue weighted by Crippen LogP contribution is 2.25. The van der Waals surface area contributed by atoms with Gasteiger partial charge in [0.25, 0.3) is 0 Å². The molecule has 2 aromatic rings. The number of piperidine rings is 1. The molecule has 1 saturated heterocycles. The molecule has 1 atom stereocenters. The number of hydrogen-bond acceptors (Lipinski definition) is 3. The molecule has 0 N–H and O–H groups in total. The van der Waals surface area contributed by atoms with Crippen LogP contribution in [-0.2, 0) is 22.3 Å². The van der Waals surface area contributed by atoms with Gasteiger partial charge in [-0.15, -0.1) is 13.2 Å². The molecule has 0 bridgehead atoms. The molecule has 5 nitrogen and oxygen atoms in total. The molecule has 1 amide bonds. The molecule has 1 aliphatic rings. The molecule has 2 aromatic carbocycles. The molecule has 32 heavy (non-hydrogen) atoms. The van der Waals surface area contributed by atoms with Gasteiger partial charge in [-0.1, -0.05) is 17.7 Å². The molecular weight excluding hydrogens is 448 g/mol. The van der Waals surface area contributed by atoms with Crippen molar-refractivity contribution in [2.24, 2.45) is 0 Å². The van der Waals surface area contributed by atoms with Crippen molar-refractivity contribution in [3.8, 4) is 5.75 Å². The lowest BCUT2D eigenvalue weighted by atomic mass is 10.1. The number of carbonyl (C=O) groups excluding carboxylic acids is 1. The number of halogens is 4. The Kier molecular flexibility index (Phi) is 7.68. The van der Waals surface area contributed by atoms with Gasteiger partial charge < -0.3 is 9.64 Å². The maximum atomic E-state index is 13.0. The van der Waals surface area contributed by atoms with Gasteiger partial charge in [-0.05, 0) is 54.8 Å². The Balaban J connectivity index is 1.52. The zero-order valence-corrected chi connectivity index (χ0v) is 18.1. The summed E-state index contributed by atoms with van der Waals surface area (Å²) in [5, 5.41) is 0. The first-order valence-electron chi connectivity index (χ1n) is 9.82. The number of ether oxygens (including phenoxy) is 1. The van der Waals surface area contributed by atoms with E-state index in [1.165, 1.54) is 29.2 Å². The van der Waals surface area contributed by atoms with E-state index in [2.05, 4.69) is 4.74 Å². The molecule has 1 heterocycles. The lowest BCUT2D eigenvalue weighted by Gasteiger charge is -2.27. The van der Waals surface area contributed by atoms with Crippen LogP contribution in [0.25, 0.3) is 0 Å². The van der Waals surface area contributed by atoms with Crippen LogP contribution in [0.2, 0.25) is 0 Å². The van der Waals surface area contributed by atoms with Crippen molar-refractivity contribution < 1.29 is 31.3 Å². The third-order valence-electron chi connectivity index (χ3n) is 4.89. The van der Waals surface area contributed by atoms with Crippen molar-refractivity contribution in [3.63, 3.8) is 0 Å². The Bertz CT molecular complexity index is 982. The standard InChI is InChI=1S/C22H22F4N2O3S/c1-27(15-17-2-4-18(23)5-3-17)21(29)14-16-10-12-28(13-11-16)32(30)20-8-6-19(7-9-20)31-22(24,25)26/h2-9,14H,10-13,15H2,1H3. The van der Waals surface area contributed by atoms with Gasteiger partial charge in [-0.3, -0.25) is 4.79 Å². The van der Waals surface area contributed by atoms with Crippen LogP contribution < -0.4 is 4.74 Å². The second-order valence-corrected chi connectivity index (χ2v) is 8.81. The fourth-order valence-electron chi connectivity index (χ4n) is 3.22. The number of amides is 1. The van der Waals surface area contributed by atoms with Crippen LogP contribution in [0.4, 0.5) is 17.6 Å². The molecule has 0 radical (unpaired) electrons. The second kappa shape index (κ2) is 10.3. The number of nitrogens with zero attached hydrogens (tertiary/aromatic N) is 2. The van der Waals surface area contributed by atoms with Crippen LogP contribution >= 0.6 is 0 Å². The largest absolute Gasteiger partial charge is 0.573 e. The monoisotopic (exact) mass is 470 g/mol. The molecule has 0 aliphatic carbocycles. The molecule has 10 heteroatoms. The lowest BCUT2D eigenvalue weighted by molar-refractivity contribution is -0.274. The maximum absolute atomic E-state index is 13.0. The number of rotatable bonds is 6. The normalized spacial score (nSPS) is 15.8. The van der Waals surface area contributed by atoms with E-state index in [9.17, 15) is 26.6 Å². The average Bonchev–Trinajstić information content (AvgIpc) is 2.75. The summed E-state index contributed by atoms with van der Waals surface area (Å²) in [6, 6.07) is 10.9. The van der Waals surface area contributed by atoms with Gasteiger partial charge in [-0.2, -0.15) is 0 Å². The van der Waals surface area contributed by atoms with Crippen molar-refractivity contribution >= 4 is 16.9 Å². The van der Waals surface area contributed by atoms with Gasteiger partial charge in [0.05, 0.1) is 4.90 Å². The molecule has 0 saturated carbocycles. The molecular formula is C22H22F4N2O3S. The Labute approximate surface area is 185 Å². The maximum Gasteiger partial charge on any atom is 0.573 e. The predicted octanol–water partition coefficient (Wildman–Crippen LogP) is 4.43.